The fourth-order valence-corrected chi connectivity index (χ4v) is 9.42. The molecule has 0 aliphatic heterocycles. The van der Waals surface area contributed by atoms with Crippen molar-refractivity contribution in [2.24, 2.45) is 0 Å². The summed E-state index contributed by atoms with van der Waals surface area (Å²) in [6, 6.07) is 62.6. The lowest BCUT2D eigenvalue weighted by Gasteiger charge is -2.32. The van der Waals surface area contributed by atoms with E-state index in [9.17, 15) is 0 Å². The highest BCUT2D eigenvalue weighted by Gasteiger charge is 2.52. The molecular formula is C55H39N. The number of terminal acetylenes is 1. The van der Waals surface area contributed by atoms with Crippen molar-refractivity contribution >= 4 is 22.6 Å². The minimum Gasteiger partial charge on any atom is -0.310 e. The van der Waals surface area contributed by atoms with Gasteiger partial charge in [-0.2, -0.15) is 0 Å². The molecule has 264 valence electrons. The average Bonchev–Trinajstić information content (AvgIpc) is 3.96. The smallest absolute Gasteiger partial charge is 0.0726 e. The van der Waals surface area contributed by atoms with E-state index in [-0.39, 0.29) is 0 Å². The lowest BCUT2D eigenvalue weighted by Crippen LogP contribution is -2.26. The molecular weight excluding hydrogens is 675 g/mol. The third-order valence-corrected chi connectivity index (χ3v) is 11.8. The molecule has 0 N–H and O–H groups in total. The summed E-state index contributed by atoms with van der Waals surface area (Å²) in [4.78, 5) is 2.44. The van der Waals surface area contributed by atoms with E-state index < -0.39 is 5.41 Å². The van der Waals surface area contributed by atoms with Gasteiger partial charge in [0.1, 0.15) is 0 Å². The van der Waals surface area contributed by atoms with Crippen molar-refractivity contribution in [3.8, 4) is 45.7 Å². The van der Waals surface area contributed by atoms with Gasteiger partial charge in [-0.3, -0.25) is 0 Å². The van der Waals surface area contributed by atoms with Crippen LogP contribution in [0.2, 0.25) is 0 Å². The zero-order valence-corrected chi connectivity index (χ0v) is 31.3. The molecule has 0 fully saturated rings. The van der Waals surface area contributed by atoms with Crippen LogP contribution >= 0.6 is 0 Å². The van der Waals surface area contributed by atoms with Crippen molar-refractivity contribution in [1.29, 1.82) is 0 Å². The maximum absolute atomic E-state index is 6.03. The lowest BCUT2D eigenvalue weighted by molar-refractivity contribution is 0.794. The van der Waals surface area contributed by atoms with Gasteiger partial charge in [0.25, 0.3) is 0 Å². The van der Waals surface area contributed by atoms with E-state index in [0.717, 1.165) is 34.6 Å². The first-order chi connectivity index (χ1) is 27.7. The van der Waals surface area contributed by atoms with Gasteiger partial charge >= 0.3 is 0 Å². The van der Waals surface area contributed by atoms with Crippen LogP contribution in [-0.4, -0.2) is 0 Å². The Balaban J connectivity index is 1.19. The standard InChI is InChI=1S/C55H39N/c1-3-5-17-38(4-2)44-23-15-24-45(44)41-32-36-43(37-33-41)56(42-34-30-40(31-35-42)39-18-7-6-8-19-39)53-29-16-28-52-54(53)48-22-11-14-27-51(48)55(52)49-25-12-9-20-46(49)47-21-10-13-26-50(47)55/h2-3,5-22,24-37H,23H2,1H3/b5-3-,38-17+. The highest BCUT2D eigenvalue weighted by Crippen LogP contribution is 2.64. The average molecular weight is 714 g/mol. The topological polar surface area (TPSA) is 3.24 Å². The summed E-state index contributed by atoms with van der Waals surface area (Å²) in [5.41, 5.74) is 20.2. The molecule has 0 amide bonds. The summed E-state index contributed by atoms with van der Waals surface area (Å²) in [7, 11) is 0. The summed E-state index contributed by atoms with van der Waals surface area (Å²) in [6.45, 7) is 2.01. The Morgan fingerprint density at radius 1 is 0.571 bits per heavy atom. The summed E-state index contributed by atoms with van der Waals surface area (Å²) in [6.07, 6.45) is 17.3. The molecule has 0 radical (unpaired) electrons. The predicted molar refractivity (Wildman–Crippen MR) is 235 cm³/mol. The first kappa shape index (κ1) is 33.4. The van der Waals surface area contributed by atoms with Gasteiger partial charge in [-0.1, -0.05) is 170 Å². The molecule has 3 aliphatic rings. The van der Waals surface area contributed by atoms with Crippen LogP contribution in [0.15, 0.2) is 211 Å². The lowest BCUT2D eigenvalue weighted by atomic mass is 9.70. The monoisotopic (exact) mass is 713 g/mol. The number of nitrogens with zero attached hydrogens (tertiary/aromatic N) is 1. The van der Waals surface area contributed by atoms with Crippen molar-refractivity contribution in [2.75, 3.05) is 4.90 Å². The minimum absolute atomic E-state index is 0.422. The van der Waals surface area contributed by atoms with Gasteiger partial charge in [-0.05, 0) is 117 Å². The summed E-state index contributed by atoms with van der Waals surface area (Å²) in [5.74, 6) is 2.94. The maximum atomic E-state index is 6.03. The van der Waals surface area contributed by atoms with Gasteiger partial charge < -0.3 is 4.90 Å². The molecule has 1 spiro atoms. The Bertz CT molecular complexity index is 2770. The summed E-state index contributed by atoms with van der Waals surface area (Å²) >= 11 is 0. The van der Waals surface area contributed by atoms with Crippen LogP contribution in [0.4, 0.5) is 17.1 Å². The number of fused-ring (bicyclic) bond motifs is 10. The molecule has 1 heteroatoms. The molecule has 0 unspecified atom stereocenters. The second kappa shape index (κ2) is 13.6. The maximum Gasteiger partial charge on any atom is 0.0726 e. The van der Waals surface area contributed by atoms with E-state index in [0.29, 0.717) is 0 Å². The van der Waals surface area contributed by atoms with Gasteiger partial charge in [0.15, 0.2) is 0 Å². The predicted octanol–water partition coefficient (Wildman–Crippen LogP) is 14.0. The molecule has 0 saturated heterocycles. The molecule has 0 heterocycles. The van der Waals surface area contributed by atoms with Crippen LogP contribution in [0.3, 0.4) is 0 Å². The molecule has 0 atom stereocenters. The molecule has 1 nitrogen and oxygen atoms in total. The van der Waals surface area contributed by atoms with Crippen LogP contribution < -0.4 is 4.90 Å². The highest BCUT2D eigenvalue weighted by molar-refractivity contribution is 6.01. The van der Waals surface area contributed by atoms with Gasteiger partial charge in [0.2, 0.25) is 0 Å². The fourth-order valence-electron chi connectivity index (χ4n) is 9.42. The van der Waals surface area contributed by atoms with E-state index >= 15 is 0 Å². The van der Waals surface area contributed by atoms with Crippen molar-refractivity contribution in [1.82, 2.24) is 0 Å². The van der Waals surface area contributed by atoms with Crippen molar-refractivity contribution in [3.05, 3.63) is 239 Å². The Hall–Kier alpha value is -7.14. The number of hydrogen-bond donors (Lipinski definition) is 0. The number of hydrogen-bond acceptors (Lipinski definition) is 1. The van der Waals surface area contributed by atoms with E-state index in [4.69, 9.17) is 6.42 Å². The van der Waals surface area contributed by atoms with Gasteiger partial charge in [0, 0.05) is 22.5 Å². The summed E-state index contributed by atoms with van der Waals surface area (Å²) < 4.78 is 0. The van der Waals surface area contributed by atoms with Gasteiger partial charge in [-0.15, -0.1) is 6.42 Å². The number of allylic oxidation sites excluding steroid dienone is 8. The van der Waals surface area contributed by atoms with Crippen molar-refractivity contribution in [2.45, 2.75) is 18.8 Å². The molecule has 7 aromatic carbocycles. The molecule has 0 saturated carbocycles. The van der Waals surface area contributed by atoms with Gasteiger partial charge in [-0.25, -0.2) is 0 Å². The molecule has 7 aromatic rings. The Labute approximate surface area is 330 Å². The second-order valence-electron chi connectivity index (χ2n) is 14.6. The molecule has 3 aliphatic carbocycles. The first-order valence-electron chi connectivity index (χ1n) is 19.4. The van der Waals surface area contributed by atoms with Crippen molar-refractivity contribution < 1.29 is 0 Å². The Morgan fingerprint density at radius 3 is 1.73 bits per heavy atom. The molecule has 10 rings (SSSR count). The summed E-state index contributed by atoms with van der Waals surface area (Å²) in [5, 5.41) is 0. The zero-order valence-electron chi connectivity index (χ0n) is 31.3. The van der Waals surface area contributed by atoms with Crippen LogP contribution in [-0.2, 0) is 5.41 Å². The van der Waals surface area contributed by atoms with E-state index in [1.54, 1.807) is 0 Å². The van der Waals surface area contributed by atoms with Crippen molar-refractivity contribution in [3.63, 3.8) is 0 Å². The number of rotatable bonds is 7. The van der Waals surface area contributed by atoms with Crippen LogP contribution in [0.25, 0.3) is 39.0 Å². The van der Waals surface area contributed by atoms with Crippen LogP contribution in [0, 0.1) is 12.3 Å². The Kier molecular flexibility index (Phi) is 8.13. The molecule has 56 heavy (non-hydrogen) atoms. The number of benzene rings is 7. The Morgan fingerprint density at radius 2 is 1.11 bits per heavy atom. The minimum atomic E-state index is -0.422. The fraction of sp³-hybridized carbons (Fsp3) is 0.0545. The van der Waals surface area contributed by atoms with Crippen LogP contribution in [0.1, 0.15) is 41.2 Å². The zero-order chi connectivity index (χ0) is 37.6. The second-order valence-corrected chi connectivity index (χ2v) is 14.6. The largest absolute Gasteiger partial charge is 0.310 e. The third kappa shape index (κ3) is 5.04. The van der Waals surface area contributed by atoms with E-state index in [2.05, 4.69) is 193 Å². The SMILES string of the molecule is C#C/C(=C\C=C/C)C1=C(c2ccc(N(c3ccc(-c4ccccc4)cc3)c3cccc4c3-c3ccccc3C43c4ccccc4-c4ccccc43)cc2)C=CC1. The normalized spacial score (nSPS) is 14.5. The van der Waals surface area contributed by atoms with Gasteiger partial charge in [0.05, 0.1) is 11.1 Å². The third-order valence-electron chi connectivity index (χ3n) is 11.8. The molecule has 0 bridgehead atoms. The quantitative estimate of drug-likeness (QED) is 0.117. The first-order valence-corrected chi connectivity index (χ1v) is 19.4. The number of anilines is 3. The molecule has 0 aromatic heterocycles. The van der Waals surface area contributed by atoms with Crippen LogP contribution in [0.5, 0.6) is 0 Å². The van der Waals surface area contributed by atoms with E-state index in [1.165, 1.54) is 66.8 Å². The highest BCUT2D eigenvalue weighted by atomic mass is 15.1. The van der Waals surface area contributed by atoms with E-state index in [1.807, 2.05) is 25.2 Å².